The van der Waals surface area contributed by atoms with Gasteiger partial charge in [-0.15, -0.1) is 0 Å². The van der Waals surface area contributed by atoms with E-state index in [2.05, 4.69) is 4.65 Å². The predicted octanol–water partition coefficient (Wildman–Crippen LogP) is -3.62. The third-order valence-corrected chi connectivity index (χ3v) is 0.231. The summed E-state index contributed by atoms with van der Waals surface area (Å²) in [4.78, 5) is 9.55. The van der Waals surface area contributed by atoms with Gasteiger partial charge < -0.3 is 4.65 Å². The van der Waals surface area contributed by atoms with E-state index in [9.17, 15) is 18.0 Å². The molecule has 0 radical (unpaired) electrons. The first-order valence-electron chi connectivity index (χ1n) is 1.23. The third-order valence-electron chi connectivity index (χ3n) is 0.231. The molecule has 0 bridgehead atoms. The Morgan fingerprint density at radius 2 is 1.78 bits per heavy atom. The van der Waals surface area contributed by atoms with Crippen LogP contribution in [0.2, 0.25) is 0 Å². The minimum Gasteiger partial charge on any atom is -0.690 e. The van der Waals surface area contributed by atoms with Gasteiger partial charge in [-0.2, -0.15) is 13.2 Å². The van der Waals surface area contributed by atoms with Gasteiger partial charge in [0.15, 0.2) is 0 Å². The van der Waals surface area contributed by atoms with Gasteiger partial charge in [0.05, 0.1) is 0 Å². The zero-order valence-electron chi connectivity index (χ0n) is 3.95. The van der Waals surface area contributed by atoms with Gasteiger partial charge in [0.25, 0.3) is 0 Å². The Kier molecular flexibility index (Phi) is 5.61. The van der Waals surface area contributed by atoms with Gasteiger partial charge in [-0.05, 0) is 0 Å². The Morgan fingerprint density at radius 3 is 1.78 bits per heavy atom. The number of alkyl halides is 3. The third kappa shape index (κ3) is 4.81. The Morgan fingerprint density at radius 1 is 1.44 bits per heavy atom. The molecule has 0 fully saturated rings. The molecule has 7 heteroatoms. The van der Waals surface area contributed by atoms with Crippen molar-refractivity contribution in [3.63, 3.8) is 0 Å². The second-order valence-corrected chi connectivity index (χ2v) is 0.785. The van der Waals surface area contributed by atoms with E-state index in [1.54, 1.807) is 0 Å². The van der Waals surface area contributed by atoms with Gasteiger partial charge in [0, 0.05) is 0 Å². The molecule has 0 N–H and O–H groups in total. The maximum Gasteiger partial charge on any atom is 1.00 e. The minimum atomic E-state index is -4.79. The molecular formula is C2H3BF3NaO2. The molecule has 0 aromatic rings. The van der Waals surface area contributed by atoms with E-state index in [1.807, 2.05) is 0 Å². The molecule has 2 nitrogen and oxygen atoms in total. The van der Waals surface area contributed by atoms with Crippen molar-refractivity contribution >= 4 is 14.0 Å². The standard InChI is InChI=1S/C2H3BF3O2.Na/c3-8-1(7)2(4,5)6;/h3H3;/q-1;+1. The number of carbonyl (C=O) groups is 1. The van der Waals surface area contributed by atoms with Crippen LogP contribution in [0.5, 0.6) is 0 Å². The summed E-state index contributed by atoms with van der Waals surface area (Å²) < 4.78 is 36.6. The number of rotatable bonds is 0. The molecule has 0 heterocycles. The Balaban J connectivity index is 0. The second-order valence-electron chi connectivity index (χ2n) is 0.785. The summed E-state index contributed by atoms with van der Waals surface area (Å²) in [5.41, 5.74) is 0. The van der Waals surface area contributed by atoms with Gasteiger partial charge in [0.2, 0.25) is 0 Å². The fourth-order valence-corrected chi connectivity index (χ4v) is 0. The molecule has 48 valence electrons. The van der Waals surface area contributed by atoms with Crippen LogP contribution < -0.4 is 29.6 Å². The fourth-order valence-electron chi connectivity index (χ4n) is 0. The fraction of sp³-hybridized carbons (Fsp3) is 0.500. The van der Waals surface area contributed by atoms with E-state index in [0.717, 1.165) is 0 Å². The van der Waals surface area contributed by atoms with Crippen LogP contribution in [0.3, 0.4) is 0 Å². The molecule has 0 aliphatic rings. The maximum atomic E-state index is 11.0. The first-order chi connectivity index (χ1) is 3.48. The van der Waals surface area contributed by atoms with Crippen LogP contribution in [0, 0.1) is 0 Å². The number of halogens is 3. The van der Waals surface area contributed by atoms with Crippen molar-refractivity contribution < 1.29 is 52.2 Å². The molecule has 0 aliphatic heterocycles. The first-order valence-corrected chi connectivity index (χ1v) is 1.23. The summed E-state index contributed by atoms with van der Waals surface area (Å²) in [6, 6.07) is 0. The summed E-state index contributed by atoms with van der Waals surface area (Å²) in [5.74, 6) is -2.06. The molecular weight excluding hydrogens is 147 g/mol. The molecule has 0 aliphatic carbocycles. The van der Waals surface area contributed by atoms with Crippen LogP contribution >= 0.6 is 0 Å². The van der Waals surface area contributed by atoms with Gasteiger partial charge in [-0.3, -0.25) is 0 Å². The normalized spacial score (nSPS) is 9.78. The number of hydrogen-bond donors (Lipinski definition) is 0. The first kappa shape index (κ1) is 12.0. The van der Waals surface area contributed by atoms with Crippen molar-refractivity contribution in [3.8, 4) is 0 Å². The topological polar surface area (TPSA) is 26.3 Å². The summed E-state index contributed by atoms with van der Waals surface area (Å²) in [5, 5.41) is 0. The molecule has 0 saturated heterocycles. The molecule has 0 atom stereocenters. The quantitative estimate of drug-likeness (QED) is 0.333. The molecule has 0 unspecified atom stereocenters. The molecule has 0 spiro atoms. The summed E-state index contributed by atoms with van der Waals surface area (Å²) in [7, 11) is -0.930. The van der Waals surface area contributed by atoms with Crippen LogP contribution in [-0.4, -0.2) is 20.2 Å². The Hall–Kier alpha value is 0.325. The second kappa shape index (κ2) is 4.19. The molecule has 0 aromatic carbocycles. The Bertz CT molecular complexity index is 102. The van der Waals surface area contributed by atoms with Gasteiger partial charge in [-0.25, -0.2) is 4.79 Å². The van der Waals surface area contributed by atoms with Gasteiger partial charge >= 0.3 is 41.7 Å². The molecule has 0 rings (SSSR count). The van der Waals surface area contributed by atoms with Crippen molar-refractivity contribution in [2.75, 3.05) is 0 Å². The largest absolute Gasteiger partial charge is 1.00 e. The summed E-state index contributed by atoms with van der Waals surface area (Å²) in [6.07, 6.45) is -4.79. The van der Waals surface area contributed by atoms with E-state index in [-0.39, 0.29) is 29.6 Å². The van der Waals surface area contributed by atoms with Crippen LogP contribution in [-0.2, 0) is 9.45 Å². The molecule has 9 heavy (non-hydrogen) atoms. The van der Waals surface area contributed by atoms with E-state index in [1.165, 1.54) is 0 Å². The zero-order valence-corrected chi connectivity index (χ0v) is 5.95. The predicted molar refractivity (Wildman–Crippen MR) is 22.1 cm³/mol. The van der Waals surface area contributed by atoms with E-state index in [0.29, 0.717) is 0 Å². The van der Waals surface area contributed by atoms with E-state index in [4.69, 9.17) is 0 Å². The summed E-state index contributed by atoms with van der Waals surface area (Å²) >= 11 is 0. The van der Waals surface area contributed by atoms with Crippen molar-refractivity contribution in [1.82, 2.24) is 0 Å². The average Bonchev–Trinajstić information content (AvgIpc) is 1.62. The van der Waals surface area contributed by atoms with Crippen LogP contribution in [0.15, 0.2) is 0 Å². The zero-order chi connectivity index (χ0) is 6.78. The van der Waals surface area contributed by atoms with Crippen molar-refractivity contribution in [2.24, 2.45) is 0 Å². The molecule has 0 aromatic heterocycles. The number of hydrogen-bond acceptors (Lipinski definition) is 2. The van der Waals surface area contributed by atoms with Crippen molar-refractivity contribution in [1.29, 1.82) is 0 Å². The van der Waals surface area contributed by atoms with Gasteiger partial charge in [-0.1, -0.05) is 0 Å². The van der Waals surface area contributed by atoms with E-state index >= 15 is 0 Å². The SMILES string of the molecule is [BH3-]OC(=O)C(F)(F)F.[Na+]. The molecule has 0 amide bonds. The van der Waals surface area contributed by atoms with Crippen LogP contribution in [0.1, 0.15) is 0 Å². The van der Waals surface area contributed by atoms with E-state index < -0.39 is 20.2 Å². The maximum absolute atomic E-state index is 11.0. The van der Waals surface area contributed by atoms with Crippen molar-refractivity contribution in [3.05, 3.63) is 0 Å². The monoisotopic (exact) mass is 150 g/mol. The van der Waals surface area contributed by atoms with Gasteiger partial charge in [0.1, 0.15) is 8.05 Å². The number of carbonyl (C=O) groups excluding carboxylic acids is 1. The molecule has 0 saturated carbocycles. The van der Waals surface area contributed by atoms with Crippen LogP contribution in [0.25, 0.3) is 0 Å². The average molecular weight is 150 g/mol. The minimum absolute atomic E-state index is 0. The smallest absolute Gasteiger partial charge is 0.690 e. The Labute approximate surface area is 72.5 Å². The van der Waals surface area contributed by atoms with Crippen molar-refractivity contribution in [2.45, 2.75) is 6.18 Å². The summed E-state index contributed by atoms with van der Waals surface area (Å²) in [6.45, 7) is 0. The van der Waals surface area contributed by atoms with Crippen LogP contribution in [0.4, 0.5) is 13.2 Å².